The zero-order valence-corrected chi connectivity index (χ0v) is 17.4. The predicted octanol–water partition coefficient (Wildman–Crippen LogP) is 4.21. The van der Waals surface area contributed by atoms with E-state index in [4.69, 9.17) is 4.42 Å². The molecule has 1 fully saturated rings. The van der Waals surface area contributed by atoms with Crippen LogP contribution in [-0.4, -0.2) is 23.4 Å². The van der Waals surface area contributed by atoms with E-state index in [1.54, 1.807) is 12.1 Å². The van der Waals surface area contributed by atoms with Crippen LogP contribution in [0.25, 0.3) is 21.9 Å². The first kappa shape index (κ1) is 20.0. The first-order valence-electron chi connectivity index (χ1n) is 10.3. The highest BCUT2D eigenvalue weighted by atomic mass is 16.3. The molecule has 30 heavy (non-hydrogen) atoms. The minimum absolute atomic E-state index is 0.208. The molecule has 1 aliphatic carbocycles. The van der Waals surface area contributed by atoms with Crippen molar-refractivity contribution < 1.29 is 14.0 Å². The van der Waals surface area contributed by atoms with Gasteiger partial charge in [-0.15, -0.1) is 0 Å². The Morgan fingerprint density at radius 1 is 1.13 bits per heavy atom. The smallest absolute Gasteiger partial charge is 0.252 e. The zero-order chi connectivity index (χ0) is 21.5. The molecule has 0 spiro atoms. The van der Waals surface area contributed by atoms with Gasteiger partial charge in [-0.1, -0.05) is 25.5 Å². The fourth-order valence-corrected chi connectivity index (χ4v) is 3.69. The number of nitrogens with zero attached hydrogens (tertiary/aromatic N) is 1. The third-order valence-electron chi connectivity index (χ3n) is 5.54. The highest BCUT2D eigenvalue weighted by Gasteiger charge is 2.45. The molecular formula is C24H25N3O3. The average molecular weight is 403 g/mol. The number of nitrogens with one attached hydrogen (secondary N) is 2. The highest BCUT2D eigenvalue weighted by Crippen LogP contribution is 2.34. The number of rotatable bonds is 6. The molecule has 1 aromatic heterocycles. The number of benzene rings is 2. The minimum atomic E-state index is -0.762. The second-order valence-corrected chi connectivity index (χ2v) is 8.65. The molecule has 1 heterocycles. The lowest BCUT2D eigenvalue weighted by Gasteiger charge is -2.21. The SMILES string of the molecule is Cc1ccc2oc3cc(C(=O)N[C@@H](CC(C)C)C(=O)NC4(C#N)CC4)ccc3c2c1. The van der Waals surface area contributed by atoms with Crippen molar-refractivity contribution in [3.05, 3.63) is 47.5 Å². The molecule has 0 unspecified atom stereocenters. The summed E-state index contributed by atoms with van der Waals surface area (Å²) in [6, 6.07) is 12.8. The van der Waals surface area contributed by atoms with Crippen LogP contribution in [0.5, 0.6) is 0 Å². The lowest BCUT2D eigenvalue weighted by atomic mass is 10.0. The topological polar surface area (TPSA) is 95.1 Å². The van der Waals surface area contributed by atoms with Gasteiger partial charge in [0.15, 0.2) is 0 Å². The molecule has 0 bridgehead atoms. The maximum atomic E-state index is 12.9. The van der Waals surface area contributed by atoms with Crippen LogP contribution in [0.2, 0.25) is 0 Å². The molecule has 154 valence electrons. The predicted molar refractivity (Wildman–Crippen MR) is 115 cm³/mol. The number of furan rings is 1. The monoisotopic (exact) mass is 403 g/mol. The van der Waals surface area contributed by atoms with Gasteiger partial charge in [0.2, 0.25) is 5.91 Å². The summed E-state index contributed by atoms with van der Waals surface area (Å²) < 4.78 is 5.91. The lowest BCUT2D eigenvalue weighted by Crippen LogP contribution is -2.50. The molecule has 4 rings (SSSR count). The van der Waals surface area contributed by atoms with E-state index >= 15 is 0 Å². The Kier molecular flexibility index (Phi) is 4.98. The van der Waals surface area contributed by atoms with Crippen LogP contribution < -0.4 is 10.6 Å². The van der Waals surface area contributed by atoms with Crippen LogP contribution in [0.4, 0.5) is 0 Å². The van der Waals surface area contributed by atoms with Crippen molar-refractivity contribution in [2.45, 2.75) is 51.6 Å². The third-order valence-corrected chi connectivity index (χ3v) is 5.54. The third kappa shape index (κ3) is 3.88. The Morgan fingerprint density at radius 3 is 2.57 bits per heavy atom. The van der Waals surface area contributed by atoms with Gasteiger partial charge < -0.3 is 15.1 Å². The molecule has 1 saturated carbocycles. The molecule has 0 radical (unpaired) electrons. The second kappa shape index (κ2) is 7.49. The zero-order valence-electron chi connectivity index (χ0n) is 17.4. The second-order valence-electron chi connectivity index (χ2n) is 8.65. The van der Waals surface area contributed by atoms with E-state index in [0.29, 0.717) is 30.4 Å². The van der Waals surface area contributed by atoms with Crippen molar-refractivity contribution in [2.75, 3.05) is 0 Å². The average Bonchev–Trinajstić information content (AvgIpc) is 3.39. The van der Waals surface area contributed by atoms with E-state index < -0.39 is 11.6 Å². The Labute approximate surface area is 175 Å². The largest absolute Gasteiger partial charge is 0.456 e. The highest BCUT2D eigenvalue weighted by molar-refractivity contribution is 6.08. The first-order chi connectivity index (χ1) is 14.3. The Balaban J connectivity index is 1.57. The van der Waals surface area contributed by atoms with E-state index in [9.17, 15) is 14.9 Å². The van der Waals surface area contributed by atoms with E-state index in [0.717, 1.165) is 21.9 Å². The standard InChI is InChI=1S/C24H25N3O3/c1-14(2)10-19(23(29)27-24(13-25)8-9-24)26-22(28)16-5-6-17-18-11-15(3)4-7-20(18)30-21(17)12-16/h4-7,11-12,14,19H,8-10H2,1-3H3,(H,26,28)(H,27,29)/t19-/m0/s1. The van der Waals surface area contributed by atoms with Gasteiger partial charge in [0.25, 0.3) is 5.91 Å². The molecule has 2 aromatic carbocycles. The quantitative estimate of drug-likeness (QED) is 0.644. The minimum Gasteiger partial charge on any atom is -0.456 e. The molecule has 0 aliphatic heterocycles. The number of amides is 2. The van der Waals surface area contributed by atoms with E-state index in [2.05, 4.69) is 22.8 Å². The van der Waals surface area contributed by atoms with Crippen molar-refractivity contribution in [1.82, 2.24) is 10.6 Å². The van der Waals surface area contributed by atoms with Gasteiger partial charge in [-0.05, 0) is 62.4 Å². The van der Waals surface area contributed by atoms with Gasteiger partial charge >= 0.3 is 0 Å². The molecule has 6 heteroatoms. The van der Waals surface area contributed by atoms with E-state index in [-0.39, 0.29) is 17.7 Å². The normalized spacial score (nSPS) is 15.7. The molecule has 1 atom stereocenters. The number of aryl methyl sites for hydroxylation is 1. The van der Waals surface area contributed by atoms with Crippen LogP contribution >= 0.6 is 0 Å². The summed E-state index contributed by atoms with van der Waals surface area (Å²) in [6.45, 7) is 6.01. The number of hydrogen-bond donors (Lipinski definition) is 2. The van der Waals surface area contributed by atoms with Crippen LogP contribution in [0.15, 0.2) is 40.8 Å². The maximum Gasteiger partial charge on any atom is 0.252 e. The summed E-state index contributed by atoms with van der Waals surface area (Å²) in [5.74, 6) is -0.438. The van der Waals surface area contributed by atoms with Gasteiger partial charge in [0.1, 0.15) is 22.7 Å². The van der Waals surface area contributed by atoms with E-state index in [1.165, 1.54) is 0 Å². The van der Waals surface area contributed by atoms with Crippen LogP contribution in [0, 0.1) is 24.2 Å². The Hall–Kier alpha value is -3.33. The summed E-state index contributed by atoms with van der Waals surface area (Å²) in [4.78, 5) is 25.6. The molecule has 0 saturated heterocycles. The molecule has 3 aromatic rings. The Morgan fingerprint density at radius 2 is 1.90 bits per heavy atom. The summed E-state index contributed by atoms with van der Waals surface area (Å²) in [5, 5.41) is 16.9. The van der Waals surface area contributed by atoms with Crippen molar-refractivity contribution in [1.29, 1.82) is 5.26 Å². The maximum absolute atomic E-state index is 12.9. The Bertz CT molecular complexity index is 1180. The number of hydrogen-bond acceptors (Lipinski definition) is 4. The molecule has 2 amide bonds. The fraction of sp³-hybridized carbons (Fsp3) is 0.375. The van der Waals surface area contributed by atoms with Crippen molar-refractivity contribution in [2.24, 2.45) is 5.92 Å². The van der Waals surface area contributed by atoms with Gasteiger partial charge in [-0.3, -0.25) is 9.59 Å². The van der Waals surface area contributed by atoms with Crippen LogP contribution in [0.3, 0.4) is 0 Å². The van der Waals surface area contributed by atoms with Crippen molar-refractivity contribution in [3.63, 3.8) is 0 Å². The fourth-order valence-electron chi connectivity index (χ4n) is 3.69. The van der Waals surface area contributed by atoms with Gasteiger partial charge in [0, 0.05) is 16.3 Å². The van der Waals surface area contributed by atoms with Gasteiger partial charge in [0.05, 0.1) is 6.07 Å². The first-order valence-corrected chi connectivity index (χ1v) is 10.3. The van der Waals surface area contributed by atoms with E-state index in [1.807, 2.05) is 39.0 Å². The molecule has 2 N–H and O–H groups in total. The summed E-state index contributed by atoms with van der Waals surface area (Å²) >= 11 is 0. The van der Waals surface area contributed by atoms with Gasteiger partial charge in [-0.25, -0.2) is 0 Å². The van der Waals surface area contributed by atoms with Crippen molar-refractivity contribution in [3.8, 4) is 6.07 Å². The number of nitriles is 1. The molecule has 1 aliphatic rings. The molecule has 6 nitrogen and oxygen atoms in total. The summed E-state index contributed by atoms with van der Waals surface area (Å²) in [7, 11) is 0. The van der Waals surface area contributed by atoms with Crippen LogP contribution in [0.1, 0.15) is 49.0 Å². The summed E-state index contributed by atoms with van der Waals surface area (Å²) in [6.07, 6.45) is 1.80. The lowest BCUT2D eigenvalue weighted by molar-refractivity contribution is -0.123. The van der Waals surface area contributed by atoms with Crippen molar-refractivity contribution >= 4 is 33.8 Å². The van der Waals surface area contributed by atoms with Gasteiger partial charge in [-0.2, -0.15) is 5.26 Å². The number of carbonyl (C=O) groups excluding carboxylic acids is 2. The number of fused-ring (bicyclic) bond motifs is 3. The summed E-state index contributed by atoms with van der Waals surface area (Å²) in [5.41, 5.74) is 2.22. The molecular weight excluding hydrogens is 378 g/mol. The van der Waals surface area contributed by atoms with Crippen LogP contribution in [-0.2, 0) is 4.79 Å². The number of carbonyl (C=O) groups is 2.